The molecule has 0 radical (unpaired) electrons. The Balaban J connectivity index is 2.37. The van der Waals surface area contributed by atoms with Gasteiger partial charge in [0, 0.05) is 6.20 Å². The summed E-state index contributed by atoms with van der Waals surface area (Å²) in [5, 5.41) is 9.41. The van der Waals surface area contributed by atoms with E-state index < -0.39 is 6.10 Å². The van der Waals surface area contributed by atoms with Gasteiger partial charge in [-0.15, -0.1) is 0 Å². The lowest BCUT2D eigenvalue weighted by atomic mass is 10.3. The number of anilines is 1. The zero-order chi connectivity index (χ0) is 11.0. The predicted octanol–water partition coefficient (Wildman–Crippen LogP) is 0.990. The second-order valence-electron chi connectivity index (χ2n) is 3.17. The molecule has 2 rings (SSSR count). The van der Waals surface area contributed by atoms with E-state index in [0.717, 1.165) is 0 Å². The highest BCUT2D eigenvalue weighted by Gasteiger charge is 2.31. The van der Waals surface area contributed by atoms with Crippen molar-refractivity contribution in [2.24, 2.45) is 0 Å². The Morgan fingerprint density at radius 2 is 2.40 bits per heavy atom. The molecule has 0 spiro atoms. The van der Waals surface area contributed by atoms with E-state index in [9.17, 15) is 9.90 Å². The lowest BCUT2D eigenvalue weighted by Crippen LogP contribution is -2.26. The molecule has 1 aliphatic heterocycles. The Morgan fingerprint density at radius 1 is 1.67 bits per heavy atom. The molecule has 1 aromatic heterocycles. The molecule has 0 bridgehead atoms. The summed E-state index contributed by atoms with van der Waals surface area (Å²) in [7, 11) is 0. The monoisotopic (exact) mass is 291 g/mol. The summed E-state index contributed by atoms with van der Waals surface area (Å²) in [4.78, 5) is 20.6. The number of aliphatic hydroxyl groups excluding tert-OH is 1. The summed E-state index contributed by atoms with van der Waals surface area (Å²) in [6, 6.07) is 0. The normalized spacial score (nSPS) is 21.1. The van der Waals surface area contributed by atoms with Crippen LogP contribution in [0, 0.1) is 0 Å². The molecular formula is C8H7BrClN3O2. The van der Waals surface area contributed by atoms with Crippen LogP contribution in [0.4, 0.5) is 5.82 Å². The number of hydrogen-bond acceptors (Lipinski definition) is 4. The number of nitrogens with zero attached hydrogens (tertiary/aromatic N) is 3. The van der Waals surface area contributed by atoms with Gasteiger partial charge < -0.3 is 5.11 Å². The van der Waals surface area contributed by atoms with Crippen molar-refractivity contribution in [1.82, 2.24) is 9.97 Å². The third kappa shape index (κ3) is 2.11. The van der Waals surface area contributed by atoms with Crippen LogP contribution in [0.3, 0.4) is 0 Å². The lowest BCUT2D eigenvalue weighted by molar-refractivity contribution is -0.117. The summed E-state index contributed by atoms with van der Waals surface area (Å²) in [6.07, 6.45) is 0.953. The Hall–Kier alpha value is -0.720. The third-order valence-corrected chi connectivity index (χ3v) is 2.80. The predicted molar refractivity (Wildman–Crippen MR) is 57.7 cm³/mol. The molecule has 1 fully saturated rings. The van der Waals surface area contributed by atoms with Gasteiger partial charge in [-0.1, -0.05) is 0 Å². The van der Waals surface area contributed by atoms with Crippen LogP contribution in [0.25, 0.3) is 0 Å². The SMILES string of the molecule is O=C1CC(O)CN1c1nc(Cl)ncc1Br. The zero-order valence-electron chi connectivity index (χ0n) is 7.52. The number of aliphatic hydroxyl groups is 1. The molecule has 80 valence electrons. The van der Waals surface area contributed by atoms with Gasteiger partial charge in [0.1, 0.15) is 0 Å². The third-order valence-electron chi connectivity index (χ3n) is 2.06. The molecule has 5 nitrogen and oxygen atoms in total. The van der Waals surface area contributed by atoms with Crippen molar-refractivity contribution in [3.63, 3.8) is 0 Å². The largest absolute Gasteiger partial charge is 0.391 e. The first-order valence-electron chi connectivity index (χ1n) is 4.24. The van der Waals surface area contributed by atoms with Gasteiger partial charge in [0.05, 0.1) is 23.5 Å². The van der Waals surface area contributed by atoms with Crippen LogP contribution in [0.15, 0.2) is 10.7 Å². The lowest BCUT2D eigenvalue weighted by Gasteiger charge is -2.15. The van der Waals surface area contributed by atoms with E-state index >= 15 is 0 Å². The van der Waals surface area contributed by atoms with E-state index in [-0.39, 0.29) is 24.2 Å². The van der Waals surface area contributed by atoms with Gasteiger partial charge in [0.15, 0.2) is 5.82 Å². The fraction of sp³-hybridized carbons (Fsp3) is 0.375. The van der Waals surface area contributed by atoms with Crippen molar-refractivity contribution in [3.05, 3.63) is 16.0 Å². The Bertz CT molecular complexity index is 415. The van der Waals surface area contributed by atoms with Crippen LogP contribution in [0.5, 0.6) is 0 Å². The number of hydrogen-bond donors (Lipinski definition) is 1. The topological polar surface area (TPSA) is 66.3 Å². The maximum Gasteiger partial charge on any atom is 0.230 e. The summed E-state index contributed by atoms with van der Waals surface area (Å²) in [5.41, 5.74) is 0. The molecule has 1 aromatic rings. The minimum Gasteiger partial charge on any atom is -0.391 e. The second kappa shape index (κ2) is 4.03. The van der Waals surface area contributed by atoms with Gasteiger partial charge in [-0.25, -0.2) is 4.98 Å². The Morgan fingerprint density at radius 3 is 3.00 bits per heavy atom. The molecule has 1 atom stereocenters. The van der Waals surface area contributed by atoms with Crippen molar-refractivity contribution >= 4 is 39.3 Å². The first-order chi connectivity index (χ1) is 7.08. The minimum absolute atomic E-state index is 0.0717. The van der Waals surface area contributed by atoms with Crippen LogP contribution in [-0.2, 0) is 4.79 Å². The number of halogens is 2. The minimum atomic E-state index is -0.641. The summed E-state index contributed by atoms with van der Waals surface area (Å²) < 4.78 is 0.578. The van der Waals surface area contributed by atoms with Crippen molar-refractivity contribution in [2.45, 2.75) is 12.5 Å². The van der Waals surface area contributed by atoms with Crippen LogP contribution >= 0.6 is 27.5 Å². The molecular weight excluding hydrogens is 285 g/mol. The second-order valence-corrected chi connectivity index (χ2v) is 4.37. The zero-order valence-corrected chi connectivity index (χ0v) is 9.86. The number of rotatable bonds is 1. The van der Waals surface area contributed by atoms with Crippen LogP contribution in [0.1, 0.15) is 6.42 Å². The van der Waals surface area contributed by atoms with Gasteiger partial charge in [-0.3, -0.25) is 9.69 Å². The molecule has 1 saturated heterocycles. The smallest absolute Gasteiger partial charge is 0.230 e. The first kappa shape index (κ1) is 10.8. The van der Waals surface area contributed by atoms with Crippen LogP contribution in [0.2, 0.25) is 5.28 Å². The first-order valence-corrected chi connectivity index (χ1v) is 5.41. The standard InChI is InChI=1S/C8H7BrClN3O2/c9-5-2-11-8(10)12-7(5)13-3-4(14)1-6(13)15/h2,4,14H,1,3H2. The van der Waals surface area contributed by atoms with Gasteiger partial charge in [-0.05, 0) is 27.5 Å². The Kier molecular flexibility index (Phi) is 2.90. The van der Waals surface area contributed by atoms with E-state index in [2.05, 4.69) is 25.9 Å². The van der Waals surface area contributed by atoms with E-state index in [4.69, 9.17) is 11.6 Å². The summed E-state index contributed by atoms with van der Waals surface area (Å²) >= 11 is 8.86. The average Bonchev–Trinajstić information content (AvgIpc) is 2.50. The fourth-order valence-electron chi connectivity index (χ4n) is 1.42. The van der Waals surface area contributed by atoms with Crippen LogP contribution < -0.4 is 4.90 Å². The van der Waals surface area contributed by atoms with Crippen molar-refractivity contribution in [3.8, 4) is 0 Å². The van der Waals surface area contributed by atoms with Crippen molar-refractivity contribution in [1.29, 1.82) is 0 Å². The molecule has 1 aliphatic rings. The maximum atomic E-state index is 11.5. The van der Waals surface area contributed by atoms with Gasteiger partial charge in [0.25, 0.3) is 0 Å². The molecule has 0 aromatic carbocycles. The van der Waals surface area contributed by atoms with E-state index in [1.807, 2.05) is 0 Å². The van der Waals surface area contributed by atoms with Crippen LogP contribution in [-0.4, -0.2) is 33.6 Å². The molecule has 7 heteroatoms. The summed E-state index contributed by atoms with van der Waals surface area (Å²) in [5.74, 6) is 0.231. The highest BCUT2D eigenvalue weighted by atomic mass is 79.9. The number of carbonyl (C=O) groups is 1. The molecule has 0 saturated carbocycles. The highest BCUT2D eigenvalue weighted by molar-refractivity contribution is 9.10. The maximum absolute atomic E-state index is 11.5. The van der Waals surface area contributed by atoms with Gasteiger partial charge in [-0.2, -0.15) is 4.98 Å². The number of amides is 1. The molecule has 1 N–H and O–H groups in total. The Labute approximate surface area is 99.2 Å². The van der Waals surface area contributed by atoms with E-state index in [1.54, 1.807) is 0 Å². The highest BCUT2D eigenvalue weighted by Crippen LogP contribution is 2.27. The molecule has 1 amide bonds. The fourth-order valence-corrected chi connectivity index (χ4v) is 1.95. The number of aromatic nitrogens is 2. The molecule has 15 heavy (non-hydrogen) atoms. The van der Waals surface area contributed by atoms with Crippen molar-refractivity contribution < 1.29 is 9.90 Å². The van der Waals surface area contributed by atoms with E-state index in [1.165, 1.54) is 11.1 Å². The molecule has 0 aliphatic carbocycles. The number of carbonyl (C=O) groups excluding carboxylic acids is 1. The van der Waals surface area contributed by atoms with E-state index in [0.29, 0.717) is 10.3 Å². The van der Waals surface area contributed by atoms with Crippen molar-refractivity contribution in [2.75, 3.05) is 11.4 Å². The molecule has 2 heterocycles. The summed E-state index contributed by atoms with van der Waals surface area (Å²) in [6.45, 7) is 0.241. The van der Waals surface area contributed by atoms with Gasteiger partial charge >= 0.3 is 0 Å². The molecule has 1 unspecified atom stereocenters. The van der Waals surface area contributed by atoms with Gasteiger partial charge in [0.2, 0.25) is 11.2 Å². The average molecular weight is 293 g/mol. The quantitative estimate of drug-likeness (QED) is 0.784. The number of β-amino-alcohol motifs (C(OH)–C–C–N with tert-alkyl or cyclic N) is 1.